The maximum Gasteiger partial charge on any atom is 0.256 e. The highest BCUT2D eigenvalue weighted by Gasteiger charge is 2.33. The molecule has 3 atom stereocenters. The summed E-state index contributed by atoms with van der Waals surface area (Å²) in [5.41, 5.74) is 8.76. The largest absolute Gasteiger partial charge is 0.431 e. The van der Waals surface area contributed by atoms with Gasteiger partial charge in [0.15, 0.2) is 12.1 Å². The summed E-state index contributed by atoms with van der Waals surface area (Å²) < 4.78 is 19.6. The van der Waals surface area contributed by atoms with E-state index in [9.17, 15) is 9.90 Å². The summed E-state index contributed by atoms with van der Waals surface area (Å²) in [6.45, 7) is 2.00. The number of benzene rings is 5. The average molecular weight is 683 g/mol. The third-order valence-corrected chi connectivity index (χ3v) is 9.64. The number of oxazole rings is 1. The average Bonchev–Trinajstić information content (AvgIpc) is 3.61. The molecule has 0 bridgehead atoms. The van der Waals surface area contributed by atoms with Gasteiger partial charge in [-0.2, -0.15) is 0 Å². The number of aliphatic hydroxyl groups excluding tert-OH is 1. The molecule has 252 valence electrons. The third-order valence-electron chi connectivity index (χ3n) is 8.68. The molecule has 7 rings (SSSR count). The minimum Gasteiger partial charge on any atom is -0.431 e. The van der Waals surface area contributed by atoms with E-state index in [1.54, 1.807) is 11.8 Å². The minimum absolute atomic E-state index is 0.00854. The van der Waals surface area contributed by atoms with Gasteiger partial charge in [0.1, 0.15) is 5.69 Å². The first-order valence-electron chi connectivity index (χ1n) is 16.7. The van der Waals surface area contributed by atoms with Crippen LogP contribution in [0.4, 0.5) is 0 Å². The van der Waals surface area contributed by atoms with Crippen molar-refractivity contribution in [3.05, 3.63) is 156 Å². The fourth-order valence-electron chi connectivity index (χ4n) is 6.05. The number of amides is 1. The first-order valence-corrected chi connectivity index (χ1v) is 17.7. The van der Waals surface area contributed by atoms with Crippen LogP contribution in [0.2, 0.25) is 0 Å². The Hall–Kier alpha value is -4.99. The number of carbonyl (C=O) groups excluding carboxylic acids is 1. The number of carbonyl (C=O) groups is 1. The van der Waals surface area contributed by atoms with Gasteiger partial charge in [-0.25, -0.2) is 4.98 Å². The van der Waals surface area contributed by atoms with E-state index in [0.29, 0.717) is 23.9 Å². The van der Waals surface area contributed by atoms with E-state index >= 15 is 0 Å². The topological polar surface area (TPSA) is 93.8 Å². The lowest BCUT2D eigenvalue weighted by Crippen LogP contribution is -2.31. The van der Waals surface area contributed by atoms with Crippen molar-refractivity contribution >= 4 is 17.7 Å². The molecule has 1 amide bonds. The van der Waals surface area contributed by atoms with Gasteiger partial charge in [0, 0.05) is 42.3 Å². The van der Waals surface area contributed by atoms with Crippen LogP contribution in [-0.4, -0.2) is 27.9 Å². The molecular formula is C42H38N2O5S. The molecule has 50 heavy (non-hydrogen) atoms. The summed E-state index contributed by atoms with van der Waals surface area (Å²) in [5.74, 6) is 1.31. The monoisotopic (exact) mass is 682 g/mol. The van der Waals surface area contributed by atoms with Crippen LogP contribution < -0.4 is 5.32 Å². The number of nitrogens with zero attached hydrogens (tertiary/aromatic N) is 1. The van der Waals surface area contributed by atoms with Crippen molar-refractivity contribution in [1.29, 1.82) is 0 Å². The molecule has 0 spiro atoms. The molecule has 2 heterocycles. The van der Waals surface area contributed by atoms with Gasteiger partial charge < -0.3 is 24.3 Å². The maximum absolute atomic E-state index is 11.4. The Morgan fingerprint density at radius 3 is 2.14 bits per heavy atom. The predicted molar refractivity (Wildman–Crippen MR) is 196 cm³/mol. The van der Waals surface area contributed by atoms with Crippen molar-refractivity contribution in [2.75, 3.05) is 5.75 Å². The molecule has 0 saturated carbocycles. The lowest BCUT2D eigenvalue weighted by Gasteiger charge is -2.36. The second-order valence-electron chi connectivity index (χ2n) is 12.3. The zero-order valence-electron chi connectivity index (χ0n) is 27.7. The normalized spacial score (nSPS) is 17.4. The number of thioether (sulfide) groups is 1. The molecule has 1 aliphatic rings. The van der Waals surface area contributed by atoms with Gasteiger partial charge in [-0.1, -0.05) is 139 Å². The summed E-state index contributed by atoms with van der Waals surface area (Å²) in [5, 5.41) is 13.1. The van der Waals surface area contributed by atoms with Crippen LogP contribution >= 0.6 is 11.8 Å². The number of hydrogen-bond acceptors (Lipinski definition) is 7. The van der Waals surface area contributed by atoms with Gasteiger partial charge in [0.25, 0.3) is 5.22 Å². The van der Waals surface area contributed by atoms with Crippen molar-refractivity contribution in [2.45, 2.75) is 50.2 Å². The van der Waals surface area contributed by atoms with E-state index in [-0.39, 0.29) is 24.7 Å². The highest BCUT2D eigenvalue weighted by molar-refractivity contribution is 7.99. The number of hydrogen-bond donors (Lipinski definition) is 2. The van der Waals surface area contributed by atoms with Crippen LogP contribution in [0.15, 0.2) is 143 Å². The number of nitrogens with one attached hydrogen (secondary N) is 1. The quantitative estimate of drug-likeness (QED) is 0.132. The number of ether oxygens (including phenoxy) is 2. The molecule has 1 aliphatic heterocycles. The fourth-order valence-corrected chi connectivity index (χ4v) is 6.89. The highest BCUT2D eigenvalue weighted by atomic mass is 32.2. The van der Waals surface area contributed by atoms with Crippen LogP contribution in [0.5, 0.6) is 0 Å². The summed E-state index contributed by atoms with van der Waals surface area (Å²) in [4.78, 5) is 16.4. The zero-order chi connectivity index (χ0) is 34.3. The molecule has 6 aromatic rings. The Morgan fingerprint density at radius 1 is 0.760 bits per heavy atom. The van der Waals surface area contributed by atoms with E-state index in [1.807, 2.05) is 109 Å². The number of rotatable bonds is 11. The summed E-state index contributed by atoms with van der Waals surface area (Å²) in [7, 11) is 0. The SMILES string of the molecule is CC(=O)NCc1cccc(-c2ccc([C@H]3O[C@@H](CSc4nc(-c5ccccc5)c(-c5ccccc5)o4)C[C@@H](c4ccc(CO)cc4)O3)cc2)c1. The van der Waals surface area contributed by atoms with E-state index < -0.39 is 6.29 Å². The molecule has 7 nitrogen and oxygen atoms in total. The molecule has 8 heteroatoms. The first-order chi connectivity index (χ1) is 24.5. The molecular weight excluding hydrogens is 645 g/mol. The summed E-state index contributed by atoms with van der Waals surface area (Å²) >= 11 is 1.54. The summed E-state index contributed by atoms with van der Waals surface area (Å²) in [6, 6.07) is 44.5. The van der Waals surface area contributed by atoms with E-state index in [2.05, 4.69) is 29.6 Å². The maximum atomic E-state index is 11.4. The first kappa shape index (κ1) is 33.5. The zero-order valence-corrected chi connectivity index (χ0v) is 28.5. The van der Waals surface area contributed by atoms with Crippen molar-refractivity contribution in [3.63, 3.8) is 0 Å². The number of aromatic nitrogens is 1. The summed E-state index contributed by atoms with van der Waals surface area (Å²) in [6.07, 6.45) is -0.291. The fraction of sp³-hybridized carbons (Fsp3) is 0.190. The van der Waals surface area contributed by atoms with Gasteiger partial charge in [-0.3, -0.25) is 4.79 Å². The van der Waals surface area contributed by atoms with Crippen LogP contribution in [-0.2, 0) is 27.4 Å². The number of aliphatic hydroxyl groups is 1. The molecule has 0 unspecified atom stereocenters. The van der Waals surface area contributed by atoms with Gasteiger partial charge >= 0.3 is 0 Å². The Bertz CT molecular complexity index is 1960. The van der Waals surface area contributed by atoms with E-state index in [4.69, 9.17) is 18.9 Å². The van der Waals surface area contributed by atoms with Gasteiger partial charge in [-0.15, -0.1) is 0 Å². The van der Waals surface area contributed by atoms with Crippen LogP contribution in [0.3, 0.4) is 0 Å². The predicted octanol–water partition coefficient (Wildman–Crippen LogP) is 9.14. The Balaban J connectivity index is 1.12. The van der Waals surface area contributed by atoms with Crippen molar-refractivity contribution in [2.24, 2.45) is 0 Å². The standard InChI is InChI=1S/C42H38N2O5S/c1-28(46)43-25-30-9-8-14-36(23-30)31-19-21-35(22-20-31)41-47-37(24-38(48-41)32-17-15-29(26-45)16-18-32)27-50-42-44-39(33-10-4-2-5-11-33)40(49-42)34-12-6-3-7-13-34/h2-23,37-38,41,45H,24-27H2,1H3,(H,43,46)/t37-,38+,41+/m1/s1. The van der Waals surface area contributed by atoms with Gasteiger partial charge in [0.05, 0.1) is 18.8 Å². The lowest BCUT2D eigenvalue weighted by atomic mass is 9.99. The van der Waals surface area contributed by atoms with Crippen molar-refractivity contribution in [3.8, 4) is 33.7 Å². The second-order valence-corrected chi connectivity index (χ2v) is 13.3. The molecule has 1 saturated heterocycles. The minimum atomic E-state index is -0.582. The van der Waals surface area contributed by atoms with Crippen LogP contribution in [0.1, 0.15) is 48.0 Å². The Labute approximate surface area is 296 Å². The van der Waals surface area contributed by atoms with E-state index in [0.717, 1.165) is 56.0 Å². The molecule has 5 aromatic carbocycles. The second kappa shape index (κ2) is 15.7. The molecule has 1 aromatic heterocycles. The highest BCUT2D eigenvalue weighted by Crippen LogP contribution is 2.41. The lowest BCUT2D eigenvalue weighted by molar-refractivity contribution is -0.245. The smallest absolute Gasteiger partial charge is 0.256 e. The molecule has 1 fully saturated rings. The van der Waals surface area contributed by atoms with Crippen molar-refractivity contribution in [1.82, 2.24) is 10.3 Å². The van der Waals surface area contributed by atoms with Crippen LogP contribution in [0.25, 0.3) is 33.7 Å². The van der Waals surface area contributed by atoms with E-state index in [1.165, 1.54) is 6.92 Å². The molecule has 2 N–H and O–H groups in total. The molecule has 0 radical (unpaired) electrons. The Kier molecular flexibility index (Phi) is 10.5. The Morgan fingerprint density at radius 2 is 1.44 bits per heavy atom. The van der Waals surface area contributed by atoms with Crippen LogP contribution in [0, 0.1) is 0 Å². The van der Waals surface area contributed by atoms with Crippen molar-refractivity contribution < 1.29 is 23.8 Å². The van der Waals surface area contributed by atoms with Gasteiger partial charge in [0.2, 0.25) is 5.91 Å². The molecule has 0 aliphatic carbocycles. The van der Waals surface area contributed by atoms with Gasteiger partial charge in [-0.05, 0) is 33.9 Å². The third kappa shape index (κ3) is 8.07.